The lowest BCUT2D eigenvalue weighted by Crippen LogP contribution is -2.06. The number of hydrogen-bond donors (Lipinski definition) is 0. The van der Waals surface area contributed by atoms with Gasteiger partial charge in [-0.3, -0.25) is 0 Å². The van der Waals surface area contributed by atoms with Crippen molar-refractivity contribution in [3.05, 3.63) is 95.5 Å². The average Bonchev–Trinajstić information content (AvgIpc) is 3.15. The fourth-order valence-electron chi connectivity index (χ4n) is 3.82. The van der Waals surface area contributed by atoms with Crippen molar-refractivity contribution in [2.24, 2.45) is 0 Å². The van der Waals surface area contributed by atoms with Crippen LogP contribution in [0.4, 0.5) is 0 Å². The fourth-order valence-corrected chi connectivity index (χ4v) is 4.22. The number of rotatable bonds is 6. The predicted molar refractivity (Wildman–Crippen MR) is 127 cm³/mol. The third-order valence-electron chi connectivity index (χ3n) is 5.25. The molecule has 0 N–H and O–H groups in total. The monoisotopic (exact) mass is 456 g/mol. The van der Waals surface area contributed by atoms with E-state index in [1.54, 1.807) is 0 Å². The normalized spacial score (nSPS) is 11.2. The van der Waals surface area contributed by atoms with Gasteiger partial charge in [0, 0.05) is 16.6 Å². The summed E-state index contributed by atoms with van der Waals surface area (Å²) in [6, 6.07) is 31.2. The summed E-state index contributed by atoms with van der Waals surface area (Å²) in [6.07, 6.45) is 0.897. The average molecular weight is 457 g/mol. The first-order valence-corrected chi connectivity index (χ1v) is 10.9. The first kappa shape index (κ1) is 18.9. The maximum Gasteiger partial charge on any atom is 0.141 e. The van der Waals surface area contributed by atoms with E-state index in [-0.39, 0.29) is 0 Å². The lowest BCUT2D eigenvalue weighted by atomic mass is 10.1. The molecule has 0 amide bonds. The van der Waals surface area contributed by atoms with E-state index in [1.165, 1.54) is 10.8 Å². The second-order valence-electron chi connectivity index (χ2n) is 7.30. The minimum Gasteiger partial charge on any atom is -0.494 e. The van der Waals surface area contributed by atoms with Gasteiger partial charge in [0.05, 0.1) is 17.6 Å². The molecule has 4 aromatic carbocycles. The second-order valence-corrected chi connectivity index (χ2v) is 8.21. The van der Waals surface area contributed by atoms with E-state index in [1.807, 2.05) is 24.3 Å². The summed E-state index contributed by atoms with van der Waals surface area (Å²) in [6.45, 7) is 1.50. The topological polar surface area (TPSA) is 27.1 Å². The summed E-state index contributed by atoms with van der Waals surface area (Å²) in [5.41, 5.74) is 3.28. The van der Waals surface area contributed by atoms with Gasteiger partial charge in [-0.05, 0) is 53.6 Å². The number of para-hydroxylation sites is 2. The molecule has 5 aromatic rings. The van der Waals surface area contributed by atoms with Gasteiger partial charge >= 0.3 is 0 Å². The molecule has 3 nitrogen and oxygen atoms in total. The van der Waals surface area contributed by atoms with Crippen molar-refractivity contribution in [3.8, 4) is 17.1 Å². The van der Waals surface area contributed by atoms with Crippen LogP contribution in [0.15, 0.2) is 95.5 Å². The van der Waals surface area contributed by atoms with Crippen LogP contribution < -0.4 is 4.74 Å². The van der Waals surface area contributed by atoms with Crippen LogP contribution in [0.3, 0.4) is 0 Å². The lowest BCUT2D eigenvalue weighted by Gasteiger charge is -2.11. The Kier molecular flexibility index (Phi) is 5.24. The molecule has 0 fully saturated rings. The van der Waals surface area contributed by atoms with Crippen LogP contribution in [0.25, 0.3) is 33.2 Å². The van der Waals surface area contributed by atoms with Crippen LogP contribution in [-0.2, 0) is 6.54 Å². The van der Waals surface area contributed by atoms with Crippen molar-refractivity contribution >= 4 is 37.7 Å². The molecule has 0 radical (unpaired) electrons. The van der Waals surface area contributed by atoms with Crippen molar-refractivity contribution in [2.75, 3.05) is 6.61 Å². The fraction of sp³-hybridized carbons (Fsp3) is 0.115. The highest BCUT2D eigenvalue weighted by Gasteiger charge is 2.12. The largest absolute Gasteiger partial charge is 0.494 e. The van der Waals surface area contributed by atoms with Gasteiger partial charge in [0.1, 0.15) is 11.6 Å². The summed E-state index contributed by atoms with van der Waals surface area (Å²) in [5, 5.41) is 2.43. The van der Waals surface area contributed by atoms with E-state index in [4.69, 9.17) is 9.72 Å². The maximum atomic E-state index is 6.05. The van der Waals surface area contributed by atoms with Gasteiger partial charge in [-0.25, -0.2) is 4.98 Å². The molecule has 0 saturated heterocycles. The molecule has 0 aliphatic carbocycles. The minimum absolute atomic E-state index is 0.656. The number of nitrogens with zero attached hydrogens (tertiary/aromatic N) is 2. The Morgan fingerprint density at radius 1 is 0.800 bits per heavy atom. The highest BCUT2D eigenvalue weighted by atomic mass is 79.9. The summed E-state index contributed by atoms with van der Waals surface area (Å²) in [7, 11) is 0. The van der Waals surface area contributed by atoms with Gasteiger partial charge < -0.3 is 9.30 Å². The lowest BCUT2D eigenvalue weighted by molar-refractivity contribution is 0.303. The van der Waals surface area contributed by atoms with Crippen molar-refractivity contribution in [3.63, 3.8) is 0 Å². The molecule has 1 aromatic heterocycles. The van der Waals surface area contributed by atoms with Crippen LogP contribution in [-0.4, -0.2) is 16.2 Å². The predicted octanol–water partition coefficient (Wildman–Crippen LogP) is 7.09. The second kappa shape index (κ2) is 8.33. The molecule has 0 bridgehead atoms. The maximum absolute atomic E-state index is 6.05. The third-order valence-corrected chi connectivity index (χ3v) is 5.75. The first-order valence-electron chi connectivity index (χ1n) is 10.1. The molecule has 4 heteroatoms. The standard InChI is InChI=1S/C26H21BrN2O/c27-22-10-5-9-21(17-22)26-28-24-11-3-4-12-25(24)29(26)15-6-16-30-23-14-13-19-7-1-2-8-20(19)18-23/h1-5,7-14,17-18H,6,15-16H2. The Hall–Kier alpha value is -3.11. The summed E-state index contributed by atoms with van der Waals surface area (Å²) in [4.78, 5) is 4.90. The molecule has 148 valence electrons. The highest BCUT2D eigenvalue weighted by Crippen LogP contribution is 2.27. The van der Waals surface area contributed by atoms with Gasteiger partial charge in [0.25, 0.3) is 0 Å². The Morgan fingerprint density at radius 2 is 1.63 bits per heavy atom. The quantitative estimate of drug-likeness (QED) is 0.255. The zero-order valence-electron chi connectivity index (χ0n) is 16.5. The van der Waals surface area contributed by atoms with E-state index >= 15 is 0 Å². The van der Waals surface area contributed by atoms with Crippen molar-refractivity contribution in [2.45, 2.75) is 13.0 Å². The van der Waals surface area contributed by atoms with Gasteiger partial charge in [-0.1, -0.05) is 70.5 Å². The number of benzene rings is 4. The van der Waals surface area contributed by atoms with Gasteiger partial charge in [-0.2, -0.15) is 0 Å². The Bertz CT molecular complexity index is 1330. The molecule has 0 spiro atoms. The van der Waals surface area contributed by atoms with Gasteiger partial charge in [0.15, 0.2) is 0 Å². The molecule has 0 aliphatic rings. The minimum atomic E-state index is 0.656. The molecule has 1 heterocycles. The molecule has 0 unspecified atom stereocenters. The van der Waals surface area contributed by atoms with Gasteiger partial charge in [0.2, 0.25) is 0 Å². The number of imidazole rings is 1. The van der Waals surface area contributed by atoms with E-state index in [0.717, 1.165) is 45.6 Å². The van der Waals surface area contributed by atoms with Crippen LogP contribution >= 0.6 is 15.9 Å². The Labute approximate surface area is 184 Å². The summed E-state index contributed by atoms with van der Waals surface area (Å²) >= 11 is 3.58. The number of aryl methyl sites for hydroxylation is 1. The SMILES string of the molecule is Brc1cccc(-c2nc3ccccc3n2CCCOc2ccc3ccccc3c2)c1. The van der Waals surface area contributed by atoms with E-state index in [9.17, 15) is 0 Å². The Balaban J connectivity index is 1.35. The molecular formula is C26H21BrN2O. The first-order chi connectivity index (χ1) is 14.8. The van der Waals surface area contributed by atoms with Crippen LogP contribution in [0.2, 0.25) is 0 Å². The molecule has 0 atom stereocenters. The smallest absolute Gasteiger partial charge is 0.141 e. The van der Waals surface area contributed by atoms with E-state index in [0.29, 0.717) is 6.61 Å². The van der Waals surface area contributed by atoms with E-state index < -0.39 is 0 Å². The summed E-state index contributed by atoms with van der Waals surface area (Å²) < 4.78 is 9.39. The number of hydrogen-bond acceptors (Lipinski definition) is 2. The van der Waals surface area contributed by atoms with Crippen LogP contribution in [0.5, 0.6) is 5.75 Å². The summed E-state index contributed by atoms with van der Waals surface area (Å²) in [5.74, 6) is 1.90. The molecule has 5 rings (SSSR count). The van der Waals surface area contributed by atoms with Crippen LogP contribution in [0.1, 0.15) is 6.42 Å². The molecule has 30 heavy (non-hydrogen) atoms. The molecular weight excluding hydrogens is 436 g/mol. The number of ether oxygens (including phenoxy) is 1. The zero-order valence-corrected chi connectivity index (χ0v) is 18.0. The molecule has 0 aliphatic heterocycles. The van der Waals surface area contributed by atoms with E-state index in [2.05, 4.69) is 87.2 Å². The third kappa shape index (κ3) is 3.83. The molecule has 0 saturated carbocycles. The number of aromatic nitrogens is 2. The van der Waals surface area contributed by atoms with Crippen molar-refractivity contribution in [1.82, 2.24) is 9.55 Å². The van der Waals surface area contributed by atoms with Crippen molar-refractivity contribution < 1.29 is 4.74 Å². The number of halogens is 1. The number of fused-ring (bicyclic) bond motifs is 2. The van der Waals surface area contributed by atoms with Gasteiger partial charge in [-0.15, -0.1) is 0 Å². The Morgan fingerprint density at radius 3 is 2.53 bits per heavy atom. The van der Waals surface area contributed by atoms with Crippen molar-refractivity contribution in [1.29, 1.82) is 0 Å². The van der Waals surface area contributed by atoms with Crippen LogP contribution in [0, 0.1) is 0 Å². The highest BCUT2D eigenvalue weighted by molar-refractivity contribution is 9.10. The zero-order chi connectivity index (χ0) is 20.3.